The van der Waals surface area contributed by atoms with Crippen LogP contribution in [0.15, 0.2) is 72.9 Å². The number of nitrogens with one attached hydrogen (secondary N) is 2. The van der Waals surface area contributed by atoms with Crippen LogP contribution in [0.25, 0.3) is 0 Å². The second-order valence-corrected chi connectivity index (χ2v) is 6.80. The number of nitrogens with zero attached hydrogens (tertiary/aromatic N) is 1. The average Bonchev–Trinajstić information content (AvgIpc) is 3.44. The summed E-state index contributed by atoms with van der Waals surface area (Å²) < 4.78 is 1.93. The molecule has 1 aromatic heterocycles. The lowest BCUT2D eigenvalue weighted by Gasteiger charge is -2.11. The number of hydrogen-bond donors (Lipinski definition) is 2. The average molecular weight is 359 g/mol. The molecule has 0 spiro atoms. The topological polar surface area (TPSA) is 63.1 Å². The summed E-state index contributed by atoms with van der Waals surface area (Å²) in [5.74, 6) is 0.0815. The van der Waals surface area contributed by atoms with E-state index in [1.807, 2.05) is 53.2 Å². The Morgan fingerprint density at radius 3 is 2.19 bits per heavy atom. The molecule has 136 valence electrons. The van der Waals surface area contributed by atoms with Gasteiger partial charge >= 0.3 is 0 Å². The molecule has 0 unspecified atom stereocenters. The molecule has 4 rings (SSSR count). The maximum absolute atomic E-state index is 12.6. The van der Waals surface area contributed by atoms with Crippen molar-refractivity contribution in [2.45, 2.75) is 19.4 Å². The minimum absolute atomic E-state index is 0.0746. The maximum atomic E-state index is 12.6. The van der Waals surface area contributed by atoms with Crippen LogP contribution in [0.2, 0.25) is 0 Å². The minimum atomic E-state index is -0.161. The molecule has 1 aliphatic carbocycles. The second kappa shape index (κ2) is 7.50. The van der Waals surface area contributed by atoms with E-state index in [1.54, 1.807) is 24.3 Å². The zero-order chi connectivity index (χ0) is 18.6. The lowest BCUT2D eigenvalue weighted by atomic mass is 10.2. The van der Waals surface area contributed by atoms with Crippen LogP contribution >= 0.6 is 0 Å². The van der Waals surface area contributed by atoms with Crippen molar-refractivity contribution < 1.29 is 9.59 Å². The van der Waals surface area contributed by atoms with E-state index in [0.717, 1.165) is 24.1 Å². The molecule has 0 aliphatic heterocycles. The Hall–Kier alpha value is -3.34. The van der Waals surface area contributed by atoms with Crippen molar-refractivity contribution in [3.05, 3.63) is 84.2 Å². The maximum Gasteiger partial charge on any atom is 0.272 e. The highest BCUT2D eigenvalue weighted by Crippen LogP contribution is 2.30. The molecule has 1 fully saturated rings. The van der Waals surface area contributed by atoms with Crippen LogP contribution in [0.3, 0.4) is 0 Å². The van der Waals surface area contributed by atoms with Gasteiger partial charge in [-0.2, -0.15) is 0 Å². The predicted octanol–water partition coefficient (Wildman–Crippen LogP) is 4.14. The highest BCUT2D eigenvalue weighted by Gasteiger charge is 2.29. The van der Waals surface area contributed by atoms with Crippen molar-refractivity contribution in [1.82, 2.24) is 4.57 Å². The summed E-state index contributed by atoms with van der Waals surface area (Å²) in [6, 6.07) is 20.9. The van der Waals surface area contributed by atoms with Gasteiger partial charge in [0.05, 0.1) is 0 Å². The zero-order valence-electron chi connectivity index (χ0n) is 14.9. The molecule has 0 bridgehead atoms. The molecule has 1 saturated carbocycles. The summed E-state index contributed by atoms with van der Waals surface area (Å²) in [7, 11) is 0. The Kier molecular flexibility index (Phi) is 4.75. The molecule has 2 amide bonds. The second-order valence-electron chi connectivity index (χ2n) is 6.80. The molecule has 0 radical (unpaired) electrons. The summed E-state index contributed by atoms with van der Waals surface area (Å²) >= 11 is 0. The van der Waals surface area contributed by atoms with Crippen LogP contribution in [0.1, 0.15) is 28.9 Å². The van der Waals surface area contributed by atoms with E-state index in [9.17, 15) is 9.59 Å². The molecule has 2 aromatic carbocycles. The van der Waals surface area contributed by atoms with E-state index in [2.05, 4.69) is 10.6 Å². The van der Waals surface area contributed by atoms with Crippen molar-refractivity contribution in [2.24, 2.45) is 5.92 Å². The summed E-state index contributed by atoms with van der Waals surface area (Å²) in [6.07, 6.45) is 3.85. The Bertz CT molecular complexity index is 941. The molecule has 27 heavy (non-hydrogen) atoms. The summed E-state index contributed by atoms with van der Waals surface area (Å²) in [5, 5.41) is 5.81. The van der Waals surface area contributed by atoms with Gasteiger partial charge in [-0.15, -0.1) is 0 Å². The van der Waals surface area contributed by atoms with Crippen LogP contribution in [0.5, 0.6) is 0 Å². The largest absolute Gasteiger partial charge is 0.339 e. The van der Waals surface area contributed by atoms with Crippen molar-refractivity contribution in [1.29, 1.82) is 0 Å². The summed E-state index contributed by atoms with van der Waals surface area (Å²) in [6.45, 7) is 0.642. The molecule has 1 heterocycles. The lowest BCUT2D eigenvalue weighted by Crippen LogP contribution is -2.17. The Morgan fingerprint density at radius 1 is 0.852 bits per heavy atom. The van der Waals surface area contributed by atoms with E-state index in [0.29, 0.717) is 17.9 Å². The molecular formula is C22H21N3O2. The third-order valence-electron chi connectivity index (χ3n) is 4.62. The van der Waals surface area contributed by atoms with E-state index in [-0.39, 0.29) is 17.7 Å². The van der Waals surface area contributed by atoms with E-state index < -0.39 is 0 Å². The van der Waals surface area contributed by atoms with Crippen molar-refractivity contribution in [2.75, 3.05) is 10.6 Å². The fraction of sp³-hybridized carbons (Fsp3) is 0.182. The molecule has 2 N–H and O–H groups in total. The molecular weight excluding hydrogens is 338 g/mol. The molecule has 5 heteroatoms. The smallest absolute Gasteiger partial charge is 0.272 e. The fourth-order valence-electron chi connectivity index (χ4n) is 2.96. The number of hydrogen-bond acceptors (Lipinski definition) is 2. The van der Waals surface area contributed by atoms with Gasteiger partial charge in [-0.1, -0.05) is 30.3 Å². The first-order valence-electron chi connectivity index (χ1n) is 9.10. The van der Waals surface area contributed by atoms with E-state index in [1.165, 1.54) is 0 Å². The standard InChI is InChI=1S/C22H21N3O2/c26-21(17-8-9-17)23-18-10-12-19(13-11-18)24-22(27)20-7-4-14-25(20)15-16-5-2-1-3-6-16/h1-7,10-14,17H,8-9,15H2,(H,23,26)(H,24,27). The molecule has 1 aliphatic rings. The number of aromatic nitrogens is 1. The van der Waals surface area contributed by atoms with Crippen LogP contribution in [0.4, 0.5) is 11.4 Å². The summed E-state index contributed by atoms with van der Waals surface area (Å²) in [4.78, 5) is 24.4. The Labute approximate surface area is 158 Å². The van der Waals surface area contributed by atoms with Gasteiger partial charge in [0.1, 0.15) is 5.69 Å². The SMILES string of the molecule is O=C(Nc1ccc(NC(=O)C2CC2)cc1)c1cccn1Cc1ccccc1. The number of rotatable bonds is 6. The molecule has 5 nitrogen and oxygen atoms in total. The lowest BCUT2D eigenvalue weighted by molar-refractivity contribution is -0.117. The van der Waals surface area contributed by atoms with Gasteiger partial charge in [0.25, 0.3) is 5.91 Å². The fourth-order valence-corrected chi connectivity index (χ4v) is 2.96. The van der Waals surface area contributed by atoms with Crippen LogP contribution in [-0.4, -0.2) is 16.4 Å². The predicted molar refractivity (Wildman–Crippen MR) is 106 cm³/mol. The number of benzene rings is 2. The first kappa shape index (κ1) is 17.1. The third kappa shape index (κ3) is 4.26. The van der Waals surface area contributed by atoms with Crippen molar-refractivity contribution in [3.63, 3.8) is 0 Å². The Morgan fingerprint density at radius 2 is 1.52 bits per heavy atom. The monoisotopic (exact) mass is 359 g/mol. The number of carbonyl (C=O) groups is 2. The Balaban J connectivity index is 1.40. The number of amides is 2. The van der Waals surface area contributed by atoms with Crippen LogP contribution in [0, 0.1) is 5.92 Å². The third-order valence-corrected chi connectivity index (χ3v) is 4.62. The summed E-state index contributed by atoms with van der Waals surface area (Å²) in [5.41, 5.74) is 3.18. The zero-order valence-corrected chi connectivity index (χ0v) is 14.9. The number of carbonyl (C=O) groups excluding carboxylic acids is 2. The van der Waals surface area contributed by atoms with Gasteiger partial charge in [-0.3, -0.25) is 9.59 Å². The first-order valence-corrected chi connectivity index (χ1v) is 9.10. The van der Waals surface area contributed by atoms with Crippen molar-refractivity contribution >= 4 is 23.2 Å². The van der Waals surface area contributed by atoms with Gasteiger partial charge < -0.3 is 15.2 Å². The van der Waals surface area contributed by atoms with Crippen LogP contribution in [-0.2, 0) is 11.3 Å². The van der Waals surface area contributed by atoms with Gasteiger partial charge in [0.15, 0.2) is 0 Å². The van der Waals surface area contributed by atoms with E-state index in [4.69, 9.17) is 0 Å². The molecule has 0 atom stereocenters. The van der Waals surface area contributed by atoms with Crippen molar-refractivity contribution in [3.8, 4) is 0 Å². The van der Waals surface area contributed by atoms with E-state index >= 15 is 0 Å². The normalized spacial score (nSPS) is 13.2. The van der Waals surface area contributed by atoms with Gasteiger partial charge in [-0.05, 0) is 54.8 Å². The minimum Gasteiger partial charge on any atom is -0.339 e. The quantitative estimate of drug-likeness (QED) is 0.695. The van der Waals surface area contributed by atoms with Crippen LogP contribution < -0.4 is 10.6 Å². The molecule has 0 saturated heterocycles. The van der Waals surface area contributed by atoms with Gasteiger partial charge in [0.2, 0.25) is 5.91 Å². The number of anilines is 2. The van der Waals surface area contributed by atoms with Gasteiger partial charge in [-0.25, -0.2) is 0 Å². The van der Waals surface area contributed by atoms with Gasteiger partial charge in [0, 0.05) is 30.0 Å². The highest BCUT2D eigenvalue weighted by atomic mass is 16.2. The first-order chi connectivity index (χ1) is 13.2. The molecule has 3 aromatic rings. The highest BCUT2D eigenvalue weighted by molar-refractivity contribution is 6.03.